The largest absolute Gasteiger partial charge is 0.351 e. The summed E-state index contributed by atoms with van der Waals surface area (Å²) < 4.78 is 1.83. The summed E-state index contributed by atoms with van der Waals surface area (Å²) in [6.07, 6.45) is 7.47. The fourth-order valence-corrected chi connectivity index (χ4v) is 3.35. The highest BCUT2D eigenvalue weighted by Crippen LogP contribution is 2.21. The van der Waals surface area contributed by atoms with E-state index in [1.54, 1.807) is 12.5 Å². The summed E-state index contributed by atoms with van der Waals surface area (Å²) in [6, 6.07) is 9.48. The zero-order chi connectivity index (χ0) is 18.9. The summed E-state index contributed by atoms with van der Waals surface area (Å²) in [6.45, 7) is 1.43. The number of carbonyl (C=O) groups is 1. The van der Waals surface area contributed by atoms with E-state index in [-0.39, 0.29) is 11.9 Å². The second kappa shape index (κ2) is 6.72. The maximum atomic E-state index is 12.6. The maximum absolute atomic E-state index is 12.6. The highest BCUT2D eigenvalue weighted by molar-refractivity contribution is 5.92. The van der Waals surface area contributed by atoms with Gasteiger partial charge in [-0.05, 0) is 18.6 Å². The summed E-state index contributed by atoms with van der Waals surface area (Å²) in [5.74, 6) is 0.537. The predicted molar refractivity (Wildman–Crippen MR) is 100 cm³/mol. The molecule has 28 heavy (non-hydrogen) atoms. The summed E-state index contributed by atoms with van der Waals surface area (Å²) in [7, 11) is 0. The van der Waals surface area contributed by atoms with Crippen molar-refractivity contribution in [2.45, 2.75) is 12.5 Å². The highest BCUT2D eigenvalue weighted by atomic mass is 16.2. The third-order valence-corrected chi connectivity index (χ3v) is 4.73. The van der Waals surface area contributed by atoms with Gasteiger partial charge in [0.05, 0.1) is 11.9 Å². The van der Waals surface area contributed by atoms with Gasteiger partial charge in [0, 0.05) is 31.5 Å². The van der Waals surface area contributed by atoms with E-state index in [1.165, 1.54) is 11.0 Å². The molecule has 0 aliphatic carbocycles. The molecule has 1 N–H and O–H groups in total. The number of benzene rings is 1. The smallest absolute Gasteiger partial charge is 0.273 e. The van der Waals surface area contributed by atoms with Crippen LogP contribution in [-0.2, 0) is 0 Å². The van der Waals surface area contributed by atoms with Crippen LogP contribution in [0.2, 0.25) is 0 Å². The van der Waals surface area contributed by atoms with Crippen molar-refractivity contribution in [2.75, 3.05) is 18.0 Å². The van der Waals surface area contributed by atoms with Crippen LogP contribution in [0.25, 0.3) is 11.3 Å². The van der Waals surface area contributed by atoms with Gasteiger partial charge >= 0.3 is 0 Å². The van der Waals surface area contributed by atoms with Gasteiger partial charge in [0.25, 0.3) is 5.91 Å². The van der Waals surface area contributed by atoms with Gasteiger partial charge in [0.2, 0.25) is 5.65 Å². The number of nitrogens with one attached hydrogen (secondary N) is 1. The number of hydrogen-bond acceptors (Lipinski definition) is 7. The highest BCUT2D eigenvalue weighted by Gasteiger charge is 2.27. The Labute approximate surface area is 159 Å². The molecule has 10 heteroatoms. The molecule has 0 spiro atoms. The van der Waals surface area contributed by atoms with Gasteiger partial charge in [0.15, 0.2) is 11.5 Å². The van der Waals surface area contributed by atoms with Crippen LogP contribution in [0.3, 0.4) is 0 Å². The fraction of sp³-hybridized carbons (Fsp3) is 0.222. The minimum Gasteiger partial charge on any atom is -0.351 e. The molecule has 10 nitrogen and oxygen atoms in total. The molecular formula is C18H17N9O. The van der Waals surface area contributed by atoms with E-state index in [1.807, 2.05) is 40.9 Å². The lowest BCUT2D eigenvalue weighted by Crippen LogP contribution is -2.37. The second-order valence-electron chi connectivity index (χ2n) is 6.57. The van der Waals surface area contributed by atoms with E-state index in [9.17, 15) is 4.79 Å². The maximum Gasteiger partial charge on any atom is 0.273 e. The molecule has 0 bridgehead atoms. The Bertz CT molecular complexity index is 1120. The van der Waals surface area contributed by atoms with Gasteiger partial charge in [-0.2, -0.15) is 9.90 Å². The molecule has 4 heterocycles. The minimum absolute atomic E-state index is 0.000599. The third-order valence-electron chi connectivity index (χ3n) is 4.73. The summed E-state index contributed by atoms with van der Waals surface area (Å²) in [5, 5.41) is 19.5. The number of aromatic nitrogens is 7. The van der Waals surface area contributed by atoms with Crippen LogP contribution in [0.1, 0.15) is 16.9 Å². The molecule has 3 aromatic heterocycles. The van der Waals surface area contributed by atoms with Crippen molar-refractivity contribution in [2.24, 2.45) is 0 Å². The first-order valence-corrected chi connectivity index (χ1v) is 8.96. The lowest BCUT2D eigenvalue weighted by atomic mass is 10.2. The van der Waals surface area contributed by atoms with Crippen LogP contribution < -0.4 is 10.2 Å². The van der Waals surface area contributed by atoms with Crippen LogP contribution >= 0.6 is 0 Å². The van der Waals surface area contributed by atoms with E-state index < -0.39 is 0 Å². The minimum atomic E-state index is -0.234. The van der Waals surface area contributed by atoms with E-state index in [0.29, 0.717) is 17.9 Å². The number of fused-ring (bicyclic) bond motifs is 1. The van der Waals surface area contributed by atoms with E-state index in [0.717, 1.165) is 24.5 Å². The molecule has 5 rings (SSSR count). The lowest BCUT2D eigenvalue weighted by Gasteiger charge is -2.17. The number of carbonyl (C=O) groups excluding carboxylic acids is 1. The quantitative estimate of drug-likeness (QED) is 0.560. The molecule has 1 aromatic carbocycles. The molecule has 4 aromatic rings. The topological polar surface area (TPSA) is 106 Å². The summed E-state index contributed by atoms with van der Waals surface area (Å²) >= 11 is 0. The average Bonchev–Trinajstić information content (AvgIpc) is 3.48. The van der Waals surface area contributed by atoms with Gasteiger partial charge < -0.3 is 10.2 Å². The Hall–Kier alpha value is -3.82. The summed E-state index contributed by atoms with van der Waals surface area (Å²) in [5.41, 5.74) is 1.81. The van der Waals surface area contributed by atoms with Crippen molar-refractivity contribution >= 4 is 17.4 Å². The van der Waals surface area contributed by atoms with E-state index >= 15 is 0 Å². The van der Waals surface area contributed by atoms with Crippen molar-refractivity contribution in [1.82, 2.24) is 39.9 Å². The Morgan fingerprint density at radius 3 is 3.00 bits per heavy atom. The first kappa shape index (κ1) is 16.4. The van der Waals surface area contributed by atoms with E-state index in [4.69, 9.17) is 0 Å². The van der Waals surface area contributed by atoms with E-state index in [2.05, 4.69) is 35.6 Å². The molecule has 1 fully saturated rings. The number of nitrogens with zero attached hydrogens (tertiary/aromatic N) is 8. The van der Waals surface area contributed by atoms with Crippen LogP contribution in [0.4, 0.5) is 5.82 Å². The molecule has 1 aliphatic rings. The standard InChI is InChI=1S/C18H17N9O/c28-18(15-10-21-27(24-15)14-4-2-1-3-5-14)22-13-6-8-25(11-13)16-17-23-20-12-26(17)9-7-19-16/h1-5,7,9-10,12-13H,6,8,11H2,(H,22,28)/t13-/m0/s1. The number of anilines is 1. The van der Waals surface area contributed by atoms with Gasteiger partial charge in [-0.25, -0.2) is 4.98 Å². The van der Waals surface area contributed by atoms with Crippen molar-refractivity contribution < 1.29 is 4.79 Å². The number of rotatable bonds is 4. The van der Waals surface area contributed by atoms with Crippen LogP contribution in [0.5, 0.6) is 0 Å². The Kier molecular flexibility index (Phi) is 3.93. The third kappa shape index (κ3) is 2.94. The van der Waals surface area contributed by atoms with Crippen LogP contribution in [-0.4, -0.2) is 59.6 Å². The Balaban J connectivity index is 1.27. The van der Waals surface area contributed by atoms with Gasteiger partial charge in [-0.3, -0.25) is 9.20 Å². The van der Waals surface area contributed by atoms with Crippen LogP contribution in [0.15, 0.2) is 55.2 Å². The average molecular weight is 375 g/mol. The Morgan fingerprint density at radius 2 is 2.11 bits per heavy atom. The zero-order valence-electron chi connectivity index (χ0n) is 14.9. The lowest BCUT2D eigenvalue weighted by molar-refractivity contribution is 0.0935. The molecule has 1 aliphatic heterocycles. The molecule has 1 atom stereocenters. The van der Waals surface area contributed by atoms with Gasteiger partial charge in [0.1, 0.15) is 6.33 Å². The number of hydrogen-bond donors (Lipinski definition) is 1. The second-order valence-corrected chi connectivity index (χ2v) is 6.57. The monoisotopic (exact) mass is 375 g/mol. The molecule has 140 valence electrons. The molecule has 0 saturated carbocycles. The molecular weight excluding hydrogens is 358 g/mol. The van der Waals surface area contributed by atoms with Crippen molar-refractivity contribution in [3.8, 4) is 5.69 Å². The van der Waals surface area contributed by atoms with Crippen molar-refractivity contribution in [3.05, 3.63) is 60.9 Å². The number of para-hydroxylation sites is 1. The Morgan fingerprint density at radius 1 is 1.21 bits per heavy atom. The molecule has 0 radical (unpaired) electrons. The molecule has 1 saturated heterocycles. The normalized spacial score (nSPS) is 16.6. The summed E-state index contributed by atoms with van der Waals surface area (Å²) in [4.78, 5) is 20.6. The predicted octanol–water partition coefficient (Wildman–Crippen LogP) is 0.714. The molecule has 1 amide bonds. The van der Waals surface area contributed by atoms with Crippen LogP contribution in [0, 0.1) is 0 Å². The van der Waals surface area contributed by atoms with Gasteiger partial charge in [-0.1, -0.05) is 18.2 Å². The first-order chi connectivity index (χ1) is 13.8. The first-order valence-electron chi connectivity index (χ1n) is 8.96. The number of amides is 1. The van der Waals surface area contributed by atoms with Crippen molar-refractivity contribution in [3.63, 3.8) is 0 Å². The molecule has 0 unspecified atom stereocenters. The fourth-order valence-electron chi connectivity index (χ4n) is 3.35. The van der Waals surface area contributed by atoms with Gasteiger partial charge in [-0.15, -0.1) is 15.3 Å². The SMILES string of the molecule is O=C(N[C@H]1CCN(c2nccn3cnnc23)C1)c1cnn(-c2ccccc2)n1. The van der Waals surface area contributed by atoms with Crippen molar-refractivity contribution in [1.29, 1.82) is 0 Å². The zero-order valence-corrected chi connectivity index (χ0v) is 14.9.